The van der Waals surface area contributed by atoms with E-state index in [4.69, 9.17) is 4.52 Å². The first-order valence-corrected chi connectivity index (χ1v) is 14.2. The zero-order valence-electron chi connectivity index (χ0n) is 21.8. The molecule has 1 aromatic carbocycles. The van der Waals surface area contributed by atoms with Crippen LogP contribution in [0, 0.1) is 0 Å². The highest BCUT2D eigenvalue weighted by atomic mass is 31.1. The average molecular weight is 587 g/mol. The van der Waals surface area contributed by atoms with E-state index in [1.165, 1.54) is 13.1 Å². The lowest BCUT2D eigenvalue weighted by atomic mass is 10.1. The number of nitrogens with zero attached hydrogens (tertiary/aromatic N) is 5. The van der Waals surface area contributed by atoms with Crippen molar-refractivity contribution in [3.05, 3.63) is 71.8 Å². The van der Waals surface area contributed by atoms with Crippen LogP contribution in [0.1, 0.15) is 34.5 Å². The molecule has 11 nitrogen and oxygen atoms in total. The van der Waals surface area contributed by atoms with Crippen LogP contribution < -0.4 is 16.0 Å². The Balaban J connectivity index is 1.56. The summed E-state index contributed by atoms with van der Waals surface area (Å²) in [5.74, 6) is -1.28. The number of rotatable bonds is 1. The number of amides is 1. The second-order valence-electron chi connectivity index (χ2n) is 9.17. The molecule has 0 spiro atoms. The van der Waals surface area contributed by atoms with E-state index >= 15 is 0 Å². The number of benzene rings is 1. The van der Waals surface area contributed by atoms with Crippen molar-refractivity contribution in [2.75, 3.05) is 24.3 Å². The van der Waals surface area contributed by atoms with Gasteiger partial charge in [-0.15, -0.1) is 0 Å². The van der Waals surface area contributed by atoms with Crippen molar-refractivity contribution in [2.24, 2.45) is 0 Å². The van der Waals surface area contributed by atoms with Gasteiger partial charge in [0.15, 0.2) is 13.7 Å². The summed E-state index contributed by atoms with van der Waals surface area (Å²) < 4.78 is 61.3. The molecular formula is C26H26F3N8O3P. The largest absolute Gasteiger partial charge is 0.421 e. The van der Waals surface area contributed by atoms with Gasteiger partial charge in [0.2, 0.25) is 5.95 Å². The molecule has 0 radical (unpaired) electrons. The number of hydrogen-bond acceptors (Lipinski definition) is 9. The lowest BCUT2D eigenvalue weighted by Crippen LogP contribution is -2.21. The smallest absolute Gasteiger partial charge is 0.354 e. The second-order valence-corrected chi connectivity index (χ2v) is 10.6. The van der Waals surface area contributed by atoms with Gasteiger partial charge in [-0.1, -0.05) is 12.1 Å². The molecule has 15 heteroatoms. The maximum Gasteiger partial charge on any atom is 0.421 e. The quantitative estimate of drug-likeness (QED) is 0.251. The molecule has 0 saturated heterocycles. The average Bonchev–Trinajstić information content (AvgIpc) is 3.42. The molecule has 7 heterocycles. The molecule has 1 amide bonds. The number of aryl methyl sites for hydroxylation is 1. The van der Waals surface area contributed by atoms with Crippen molar-refractivity contribution < 1.29 is 27.1 Å². The fraction of sp³-hybridized carbons (Fsp3) is 0.269. The summed E-state index contributed by atoms with van der Waals surface area (Å²) in [5, 5.41) is 12.3. The molecule has 3 aromatic heterocycles. The Morgan fingerprint density at radius 2 is 1.88 bits per heavy atom. The Bertz CT molecular complexity index is 1580. The molecule has 3 N–H and O–H groups in total. The first-order chi connectivity index (χ1) is 19.7. The van der Waals surface area contributed by atoms with Gasteiger partial charge in [0.1, 0.15) is 11.4 Å². The minimum Gasteiger partial charge on any atom is -0.354 e. The van der Waals surface area contributed by atoms with Gasteiger partial charge in [0.05, 0.1) is 24.2 Å². The minimum atomic E-state index is -4.78. The summed E-state index contributed by atoms with van der Waals surface area (Å²) >= 11 is 0. The van der Waals surface area contributed by atoms with Crippen molar-refractivity contribution in [1.29, 1.82) is 0 Å². The number of alkyl halides is 3. The summed E-state index contributed by atoms with van der Waals surface area (Å²) in [7, 11) is -0.896. The SMILES string of the molecule is CNC(=O)c1nc2ccc1Nc1nc(ncc1C(F)(F)F)Nc1ccc(cc1)C[PH](=O)OCCCCn1cc-2cn1. The molecular weight excluding hydrogens is 560 g/mol. The number of carbonyl (C=O) groups excluding carboxylic acids is 1. The molecule has 0 aliphatic carbocycles. The molecule has 1 unspecified atom stereocenters. The van der Waals surface area contributed by atoms with Crippen LogP contribution >= 0.6 is 8.03 Å². The summed E-state index contributed by atoms with van der Waals surface area (Å²) in [6.45, 7) is 0.932. The highest BCUT2D eigenvalue weighted by Crippen LogP contribution is 2.36. The zero-order chi connectivity index (χ0) is 29.0. The Labute approximate surface area is 233 Å². The Morgan fingerprint density at radius 3 is 2.63 bits per heavy atom. The van der Waals surface area contributed by atoms with Gasteiger partial charge in [-0.2, -0.15) is 23.3 Å². The summed E-state index contributed by atoms with van der Waals surface area (Å²) in [5.41, 5.74) is 1.10. The standard InChI is InChI=1S/C26H26F3N8O3P/c1-30-24(38)22-21-9-8-20(34-22)17-12-32-37(14-17)10-2-3-11-40-41(39)15-16-4-6-18(7-5-16)33-25-31-13-19(26(27,28)29)23(35-21)36-25/h4-9,12-14,41H,2-3,10-11,15H2,1H3,(H,30,38)(H2,31,33,35,36). The van der Waals surface area contributed by atoms with Crippen molar-refractivity contribution in [3.8, 4) is 11.3 Å². The monoisotopic (exact) mass is 586 g/mol. The van der Waals surface area contributed by atoms with Crippen LogP contribution in [0.3, 0.4) is 0 Å². The van der Waals surface area contributed by atoms with Crippen molar-refractivity contribution in [1.82, 2.24) is 30.0 Å². The number of nitrogens with one attached hydrogen (secondary N) is 3. The van der Waals surface area contributed by atoms with E-state index in [1.807, 2.05) is 0 Å². The molecule has 41 heavy (non-hydrogen) atoms. The van der Waals surface area contributed by atoms with Crippen LogP contribution in [0.4, 0.5) is 36.3 Å². The molecule has 0 fully saturated rings. The molecule has 8 rings (SSSR count). The van der Waals surface area contributed by atoms with Crippen molar-refractivity contribution in [3.63, 3.8) is 0 Å². The van der Waals surface area contributed by atoms with E-state index < -0.39 is 31.5 Å². The summed E-state index contributed by atoms with van der Waals surface area (Å²) in [4.78, 5) is 25.0. The zero-order valence-corrected chi connectivity index (χ0v) is 22.8. The van der Waals surface area contributed by atoms with E-state index in [1.54, 1.807) is 47.4 Å². The Hall–Kier alpha value is -4.29. The highest BCUT2D eigenvalue weighted by Gasteiger charge is 2.36. The minimum absolute atomic E-state index is 0.0219. The first kappa shape index (κ1) is 28.2. The van der Waals surface area contributed by atoms with Gasteiger partial charge in [0, 0.05) is 43.4 Å². The van der Waals surface area contributed by atoms with Gasteiger partial charge in [-0.05, 0) is 42.7 Å². The summed E-state index contributed by atoms with van der Waals surface area (Å²) in [6.07, 6.45) is 0.912. The number of carbonyl (C=O) groups is 1. The highest BCUT2D eigenvalue weighted by molar-refractivity contribution is 7.38. The molecule has 8 bridgehead atoms. The molecule has 4 aliphatic heterocycles. The Morgan fingerprint density at radius 1 is 1.07 bits per heavy atom. The maximum absolute atomic E-state index is 13.9. The number of aromatic nitrogens is 5. The third-order valence-corrected chi connectivity index (χ3v) is 7.44. The van der Waals surface area contributed by atoms with Crippen molar-refractivity contribution >= 4 is 37.1 Å². The van der Waals surface area contributed by atoms with E-state index in [-0.39, 0.29) is 23.5 Å². The molecule has 0 saturated carbocycles. The van der Waals surface area contributed by atoms with Gasteiger partial charge in [-0.3, -0.25) is 14.0 Å². The van der Waals surface area contributed by atoms with Gasteiger partial charge < -0.3 is 20.5 Å². The Kier molecular flexibility index (Phi) is 8.31. The third kappa shape index (κ3) is 6.90. The van der Waals surface area contributed by atoms with E-state index in [0.29, 0.717) is 42.7 Å². The normalized spacial score (nSPS) is 16.0. The molecule has 4 aromatic rings. The molecule has 214 valence electrons. The lowest BCUT2D eigenvalue weighted by Gasteiger charge is -2.16. The lowest BCUT2D eigenvalue weighted by molar-refractivity contribution is -0.137. The molecule has 1 atom stereocenters. The van der Waals surface area contributed by atoms with E-state index in [0.717, 1.165) is 12.0 Å². The predicted octanol–water partition coefficient (Wildman–Crippen LogP) is 5.39. The van der Waals surface area contributed by atoms with Crippen LogP contribution in [-0.2, 0) is 28.0 Å². The number of pyridine rings is 1. The maximum atomic E-state index is 13.9. The number of anilines is 4. The summed E-state index contributed by atoms with van der Waals surface area (Å²) in [6, 6.07) is 9.88. The van der Waals surface area contributed by atoms with Crippen LogP contribution in [0.2, 0.25) is 0 Å². The first-order valence-electron chi connectivity index (χ1n) is 12.7. The number of halogens is 3. The molecule has 4 aliphatic rings. The van der Waals surface area contributed by atoms with Crippen LogP contribution in [-0.4, -0.2) is 44.3 Å². The fourth-order valence-corrected chi connectivity index (χ4v) is 5.16. The van der Waals surface area contributed by atoms with E-state index in [9.17, 15) is 22.5 Å². The third-order valence-electron chi connectivity index (χ3n) is 6.22. The van der Waals surface area contributed by atoms with Gasteiger partial charge >= 0.3 is 6.18 Å². The topological polar surface area (TPSA) is 136 Å². The van der Waals surface area contributed by atoms with Gasteiger partial charge in [-0.25, -0.2) is 9.97 Å². The number of hydrogen-bond donors (Lipinski definition) is 3. The van der Waals surface area contributed by atoms with Gasteiger partial charge in [0.25, 0.3) is 5.91 Å². The second kappa shape index (κ2) is 12.1. The van der Waals surface area contributed by atoms with Crippen LogP contribution in [0.15, 0.2) is 55.0 Å². The van der Waals surface area contributed by atoms with Crippen LogP contribution in [0.5, 0.6) is 0 Å². The van der Waals surface area contributed by atoms with Crippen molar-refractivity contribution in [2.45, 2.75) is 31.7 Å². The predicted molar refractivity (Wildman–Crippen MR) is 147 cm³/mol. The van der Waals surface area contributed by atoms with E-state index in [2.05, 4.69) is 36.0 Å². The fourth-order valence-electron chi connectivity index (χ4n) is 4.12. The van der Waals surface area contributed by atoms with Crippen LogP contribution in [0.25, 0.3) is 11.3 Å².